The Morgan fingerprint density at radius 3 is 2.79 bits per heavy atom. The first-order chi connectivity index (χ1) is 9.04. The van der Waals surface area contributed by atoms with E-state index in [2.05, 4.69) is 15.1 Å². The Kier molecular flexibility index (Phi) is 2.64. The van der Waals surface area contributed by atoms with Crippen molar-refractivity contribution in [3.05, 3.63) is 40.8 Å². The van der Waals surface area contributed by atoms with E-state index in [4.69, 9.17) is 17.3 Å². The summed E-state index contributed by atoms with van der Waals surface area (Å²) >= 11 is 5.99. The van der Waals surface area contributed by atoms with Crippen LogP contribution < -0.4 is 5.73 Å². The third-order valence-electron chi connectivity index (χ3n) is 2.90. The molecule has 2 N–H and O–H groups in total. The van der Waals surface area contributed by atoms with Gasteiger partial charge in [0.05, 0.1) is 22.6 Å². The normalized spacial score (nSPS) is 11.1. The first-order valence-electron chi connectivity index (χ1n) is 5.79. The van der Waals surface area contributed by atoms with E-state index in [0.717, 1.165) is 28.2 Å². The minimum absolute atomic E-state index is 0.321. The molecular weight excluding hydrogens is 262 g/mol. The quantitative estimate of drug-likeness (QED) is 0.740. The highest BCUT2D eigenvalue weighted by atomic mass is 35.5. The van der Waals surface area contributed by atoms with Crippen LogP contribution in [0.3, 0.4) is 0 Å². The summed E-state index contributed by atoms with van der Waals surface area (Å²) in [6.45, 7) is 3.94. The second kappa shape index (κ2) is 4.20. The van der Waals surface area contributed by atoms with Crippen molar-refractivity contribution in [1.82, 2.24) is 19.6 Å². The van der Waals surface area contributed by atoms with Crippen molar-refractivity contribution in [3.63, 3.8) is 0 Å². The molecular formula is C13H12ClN5. The Balaban J connectivity index is 2.21. The molecule has 19 heavy (non-hydrogen) atoms. The largest absolute Gasteiger partial charge is 0.382 e. The lowest BCUT2D eigenvalue weighted by Crippen LogP contribution is -1.98. The number of fused-ring (bicyclic) bond motifs is 1. The van der Waals surface area contributed by atoms with Gasteiger partial charge in [-0.05, 0) is 31.5 Å². The van der Waals surface area contributed by atoms with Crippen LogP contribution >= 0.6 is 11.6 Å². The standard InChI is InChI=1S/C13H12ClN5/c1-7-3-11(9-4-10(14)12(15)16-5-9)18-19-6-8(2)17-13(7)19/h3-6H,1-2H3,(H2,15,16). The molecule has 0 aromatic carbocycles. The molecule has 0 bridgehead atoms. The lowest BCUT2D eigenvalue weighted by molar-refractivity contribution is 0.932. The van der Waals surface area contributed by atoms with Gasteiger partial charge in [-0.1, -0.05) is 11.6 Å². The van der Waals surface area contributed by atoms with Gasteiger partial charge >= 0.3 is 0 Å². The second-order valence-corrected chi connectivity index (χ2v) is 4.86. The summed E-state index contributed by atoms with van der Waals surface area (Å²) in [6.07, 6.45) is 3.55. The van der Waals surface area contributed by atoms with Crippen molar-refractivity contribution in [2.24, 2.45) is 0 Å². The molecule has 0 saturated carbocycles. The van der Waals surface area contributed by atoms with Gasteiger partial charge < -0.3 is 5.73 Å². The number of anilines is 1. The molecule has 0 amide bonds. The number of rotatable bonds is 1. The number of aromatic nitrogens is 4. The summed E-state index contributed by atoms with van der Waals surface area (Å²) in [7, 11) is 0. The van der Waals surface area contributed by atoms with E-state index in [1.807, 2.05) is 26.1 Å². The summed E-state index contributed by atoms with van der Waals surface area (Å²) in [5.41, 5.74) is 10.1. The highest BCUT2D eigenvalue weighted by molar-refractivity contribution is 6.33. The number of halogens is 1. The third kappa shape index (κ3) is 2.02. The maximum Gasteiger partial charge on any atom is 0.156 e. The van der Waals surface area contributed by atoms with Crippen LogP contribution in [0.25, 0.3) is 16.9 Å². The van der Waals surface area contributed by atoms with E-state index in [1.54, 1.807) is 16.8 Å². The fourth-order valence-electron chi connectivity index (χ4n) is 1.97. The van der Waals surface area contributed by atoms with Gasteiger partial charge in [0.25, 0.3) is 0 Å². The van der Waals surface area contributed by atoms with Crippen LogP contribution in [0.4, 0.5) is 5.82 Å². The van der Waals surface area contributed by atoms with Crippen molar-refractivity contribution >= 4 is 23.1 Å². The maximum atomic E-state index is 5.99. The van der Waals surface area contributed by atoms with Gasteiger partial charge in [-0.2, -0.15) is 5.10 Å². The molecule has 96 valence electrons. The third-order valence-corrected chi connectivity index (χ3v) is 3.20. The van der Waals surface area contributed by atoms with E-state index in [-0.39, 0.29) is 0 Å². The SMILES string of the molecule is Cc1cn2nc(-c3cnc(N)c(Cl)c3)cc(C)c2n1. The molecule has 0 fully saturated rings. The van der Waals surface area contributed by atoms with Crippen molar-refractivity contribution in [3.8, 4) is 11.3 Å². The summed E-state index contributed by atoms with van der Waals surface area (Å²) < 4.78 is 1.77. The molecule has 0 unspecified atom stereocenters. The molecule has 0 aliphatic carbocycles. The minimum atomic E-state index is 0.321. The average molecular weight is 274 g/mol. The summed E-state index contributed by atoms with van der Waals surface area (Å²) in [5.74, 6) is 0.321. The predicted octanol–water partition coefficient (Wildman–Crippen LogP) is 2.64. The molecule has 0 aliphatic rings. The van der Waals surface area contributed by atoms with Crippen LogP contribution in [0, 0.1) is 13.8 Å². The van der Waals surface area contributed by atoms with E-state index < -0.39 is 0 Å². The van der Waals surface area contributed by atoms with Crippen molar-refractivity contribution in [2.45, 2.75) is 13.8 Å². The van der Waals surface area contributed by atoms with Gasteiger partial charge in [0, 0.05) is 11.8 Å². The van der Waals surface area contributed by atoms with Crippen molar-refractivity contribution in [2.75, 3.05) is 5.73 Å². The maximum absolute atomic E-state index is 5.99. The summed E-state index contributed by atoms with van der Waals surface area (Å²) in [5, 5.41) is 4.94. The van der Waals surface area contributed by atoms with Crippen LogP contribution in [0.1, 0.15) is 11.3 Å². The minimum Gasteiger partial charge on any atom is -0.382 e. The van der Waals surface area contributed by atoms with E-state index in [9.17, 15) is 0 Å². The Bertz CT molecular complexity index is 778. The summed E-state index contributed by atoms with van der Waals surface area (Å²) in [4.78, 5) is 8.47. The van der Waals surface area contributed by atoms with Gasteiger partial charge in [-0.3, -0.25) is 0 Å². The first-order valence-corrected chi connectivity index (χ1v) is 6.17. The molecule has 0 spiro atoms. The fourth-order valence-corrected chi connectivity index (χ4v) is 2.14. The molecule has 0 atom stereocenters. The number of hydrogen-bond donors (Lipinski definition) is 1. The van der Waals surface area contributed by atoms with Crippen LogP contribution in [0.2, 0.25) is 5.02 Å². The number of nitrogens with two attached hydrogens (primary N) is 1. The molecule has 0 radical (unpaired) electrons. The van der Waals surface area contributed by atoms with Crippen LogP contribution in [-0.4, -0.2) is 19.6 Å². The zero-order valence-electron chi connectivity index (χ0n) is 10.6. The molecule has 0 aliphatic heterocycles. The Morgan fingerprint density at radius 2 is 2.05 bits per heavy atom. The lowest BCUT2D eigenvalue weighted by atomic mass is 10.1. The monoisotopic (exact) mass is 273 g/mol. The molecule has 3 aromatic rings. The van der Waals surface area contributed by atoms with E-state index in [1.165, 1.54) is 0 Å². The van der Waals surface area contributed by atoms with Crippen molar-refractivity contribution < 1.29 is 0 Å². The number of imidazole rings is 1. The van der Waals surface area contributed by atoms with Crippen LogP contribution in [0.5, 0.6) is 0 Å². The zero-order chi connectivity index (χ0) is 13.6. The second-order valence-electron chi connectivity index (χ2n) is 4.45. The highest BCUT2D eigenvalue weighted by Gasteiger charge is 2.09. The van der Waals surface area contributed by atoms with Gasteiger partial charge in [-0.25, -0.2) is 14.5 Å². The molecule has 3 heterocycles. The Morgan fingerprint density at radius 1 is 1.26 bits per heavy atom. The fraction of sp³-hybridized carbons (Fsp3) is 0.154. The molecule has 3 aromatic heterocycles. The zero-order valence-corrected chi connectivity index (χ0v) is 11.3. The average Bonchev–Trinajstić information content (AvgIpc) is 2.74. The Hall–Kier alpha value is -2.14. The predicted molar refractivity (Wildman–Crippen MR) is 75.1 cm³/mol. The van der Waals surface area contributed by atoms with Gasteiger partial charge in [0.15, 0.2) is 5.65 Å². The van der Waals surface area contributed by atoms with Crippen molar-refractivity contribution in [1.29, 1.82) is 0 Å². The molecule has 3 rings (SSSR count). The van der Waals surface area contributed by atoms with Gasteiger partial charge in [0.1, 0.15) is 5.82 Å². The highest BCUT2D eigenvalue weighted by Crippen LogP contribution is 2.25. The lowest BCUT2D eigenvalue weighted by Gasteiger charge is -2.05. The Labute approximate surface area is 115 Å². The topological polar surface area (TPSA) is 69.1 Å². The molecule has 5 nitrogen and oxygen atoms in total. The number of nitrogens with zero attached hydrogens (tertiary/aromatic N) is 4. The molecule has 6 heteroatoms. The number of pyridine rings is 1. The van der Waals surface area contributed by atoms with Crippen LogP contribution in [-0.2, 0) is 0 Å². The van der Waals surface area contributed by atoms with Gasteiger partial charge in [-0.15, -0.1) is 0 Å². The number of aryl methyl sites for hydroxylation is 2. The van der Waals surface area contributed by atoms with Crippen LogP contribution in [0.15, 0.2) is 24.5 Å². The number of nitrogen functional groups attached to an aromatic ring is 1. The van der Waals surface area contributed by atoms with E-state index in [0.29, 0.717) is 10.8 Å². The smallest absolute Gasteiger partial charge is 0.156 e. The first kappa shape index (κ1) is 11.9. The summed E-state index contributed by atoms with van der Waals surface area (Å²) in [6, 6.07) is 3.73. The van der Waals surface area contributed by atoms with E-state index >= 15 is 0 Å². The number of hydrogen-bond acceptors (Lipinski definition) is 4. The van der Waals surface area contributed by atoms with Gasteiger partial charge in [0.2, 0.25) is 0 Å². The molecule has 0 saturated heterocycles.